The van der Waals surface area contributed by atoms with Gasteiger partial charge in [0.15, 0.2) is 0 Å². The SMILES string of the molecule is O=C(CCNC(=O)c1ccc(F)cc1F)NNC(=O)c1cn(-c2ccccc2)nc1-c1ccccc1. The number of benzene rings is 3. The first-order chi connectivity index (χ1) is 17.4. The van der Waals surface area contributed by atoms with Crippen molar-refractivity contribution in [1.29, 1.82) is 0 Å². The summed E-state index contributed by atoms with van der Waals surface area (Å²) >= 11 is 0. The van der Waals surface area contributed by atoms with Crippen molar-refractivity contribution in [2.45, 2.75) is 6.42 Å². The minimum atomic E-state index is -1.01. The Balaban J connectivity index is 1.37. The number of para-hydroxylation sites is 1. The molecule has 0 aliphatic heterocycles. The molecule has 0 unspecified atom stereocenters. The zero-order chi connectivity index (χ0) is 25.5. The molecule has 0 aliphatic rings. The number of rotatable bonds is 7. The number of halogens is 2. The van der Waals surface area contributed by atoms with Crippen molar-refractivity contribution in [3.05, 3.63) is 108 Å². The summed E-state index contributed by atoms with van der Waals surface area (Å²) in [6, 6.07) is 21.0. The van der Waals surface area contributed by atoms with E-state index in [1.165, 1.54) is 0 Å². The van der Waals surface area contributed by atoms with E-state index in [0.29, 0.717) is 11.8 Å². The van der Waals surface area contributed by atoms with Crippen LogP contribution in [0.1, 0.15) is 27.1 Å². The molecule has 3 N–H and O–H groups in total. The van der Waals surface area contributed by atoms with Gasteiger partial charge in [-0.2, -0.15) is 5.10 Å². The van der Waals surface area contributed by atoms with Gasteiger partial charge in [-0.25, -0.2) is 13.5 Å². The van der Waals surface area contributed by atoms with Crippen molar-refractivity contribution in [1.82, 2.24) is 25.9 Å². The number of nitrogens with zero attached hydrogens (tertiary/aromatic N) is 2. The minimum Gasteiger partial charge on any atom is -0.351 e. The fourth-order valence-electron chi connectivity index (χ4n) is 3.38. The second-order valence-corrected chi connectivity index (χ2v) is 7.67. The van der Waals surface area contributed by atoms with E-state index in [1.807, 2.05) is 60.7 Å². The summed E-state index contributed by atoms with van der Waals surface area (Å²) < 4.78 is 28.2. The molecule has 36 heavy (non-hydrogen) atoms. The van der Waals surface area contributed by atoms with Gasteiger partial charge in [-0.05, 0) is 24.3 Å². The fraction of sp³-hybridized carbons (Fsp3) is 0.0769. The quantitative estimate of drug-likeness (QED) is 0.346. The largest absolute Gasteiger partial charge is 0.351 e. The Morgan fingerprint density at radius 1 is 0.806 bits per heavy atom. The number of hydrazine groups is 1. The normalized spacial score (nSPS) is 10.5. The summed E-state index contributed by atoms with van der Waals surface area (Å²) in [5.41, 5.74) is 6.45. The topological polar surface area (TPSA) is 105 Å². The van der Waals surface area contributed by atoms with Crippen LogP contribution in [0.25, 0.3) is 16.9 Å². The molecular formula is C26H21F2N5O3. The Kier molecular flexibility index (Phi) is 7.45. The van der Waals surface area contributed by atoms with Crippen LogP contribution in [0.15, 0.2) is 85.1 Å². The van der Waals surface area contributed by atoms with Crippen LogP contribution in [-0.4, -0.2) is 34.0 Å². The molecule has 0 saturated carbocycles. The molecule has 3 amide bonds. The first kappa shape index (κ1) is 24.3. The van der Waals surface area contributed by atoms with E-state index in [9.17, 15) is 23.2 Å². The van der Waals surface area contributed by atoms with Crippen LogP contribution in [-0.2, 0) is 4.79 Å². The second-order valence-electron chi connectivity index (χ2n) is 7.67. The molecule has 0 radical (unpaired) electrons. The van der Waals surface area contributed by atoms with Crippen LogP contribution in [0.3, 0.4) is 0 Å². The van der Waals surface area contributed by atoms with Crippen molar-refractivity contribution in [2.24, 2.45) is 0 Å². The summed E-state index contributed by atoms with van der Waals surface area (Å²) in [6.07, 6.45) is 1.38. The smallest absolute Gasteiger partial charge is 0.273 e. The molecule has 182 valence electrons. The summed E-state index contributed by atoms with van der Waals surface area (Å²) in [5.74, 6) is -3.76. The van der Waals surface area contributed by atoms with Gasteiger partial charge >= 0.3 is 0 Å². The first-order valence-electron chi connectivity index (χ1n) is 11.0. The average molecular weight is 489 g/mol. The number of amides is 3. The van der Waals surface area contributed by atoms with E-state index in [1.54, 1.807) is 10.9 Å². The van der Waals surface area contributed by atoms with E-state index < -0.39 is 29.4 Å². The number of nitrogens with one attached hydrogen (secondary N) is 3. The molecule has 0 atom stereocenters. The number of hydrogen-bond donors (Lipinski definition) is 3. The Morgan fingerprint density at radius 3 is 2.19 bits per heavy atom. The molecule has 8 nitrogen and oxygen atoms in total. The van der Waals surface area contributed by atoms with Crippen LogP contribution >= 0.6 is 0 Å². The van der Waals surface area contributed by atoms with Crippen LogP contribution in [0.4, 0.5) is 8.78 Å². The third kappa shape index (κ3) is 5.79. The van der Waals surface area contributed by atoms with Gasteiger partial charge in [0.25, 0.3) is 11.8 Å². The Hall–Kier alpha value is -4.86. The third-order valence-electron chi connectivity index (χ3n) is 5.16. The third-order valence-corrected chi connectivity index (χ3v) is 5.16. The highest BCUT2D eigenvalue weighted by Crippen LogP contribution is 2.23. The average Bonchev–Trinajstić information content (AvgIpc) is 3.34. The van der Waals surface area contributed by atoms with Crippen molar-refractivity contribution in [3.63, 3.8) is 0 Å². The number of aromatic nitrogens is 2. The van der Waals surface area contributed by atoms with E-state index >= 15 is 0 Å². The molecule has 1 aromatic heterocycles. The van der Waals surface area contributed by atoms with Crippen LogP contribution in [0.5, 0.6) is 0 Å². The predicted octanol–water partition coefficient (Wildman–Crippen LogP) is 3.40. The zero-order valence-electron chi connectivity index (χ0n) is 18.9. The molecule has 4 aromatic rings. The summed E-state index contributed by atoms with van der Waals surface area (Å²) in [5, 5.41) is 6.92. The predicted molar refractivity (Wildman–Crippen MR) is 128 cm³/mol. The molecule has 0 aliphatic carbocycles. The van der Waals surface area contributed by atoms with Gasteiger partial charge in [0.1, 0.15) is 17.3 Å². The van der Waals surface area contributed by atoms with E-state index in [2.05, 4.69) is 21.3 Å². The van der Waals surface area contributed by atoms with Crippen molar-refractivity contribution in [3.8, 4) is 16.9 Å². The van der Waals surface area contributed by atoms with Gasteiger partial charge in [0.2, 0.25) is 5.91 Å². The van der Waals surface area contributed by atoms with Crippen molar-refractivity contribution >= 4 is 17.7 Å². The molecule has 4 rings (SSSR count). The van der Waals surface area contributed by atoms with Gasteiger partial charge in [0, 0.05) is 30.8 Å². The highest BCUT2D eigenvalue weighted by Gasteiger charge is 2.19. The van der Waals surface area contributed by atoms with Crippen molar-refractivity contribution < 1.29 is 23.2 Å². The van der Waals surface area contributed by atoms with Gasteiger partial charge in [0.05, 0.1) is 16.8 Å². The molecule has 1 heterocycles. The molecule has 0 bridgehead atoms. The van der Waals surface area contributed by atoms with Gasteiger partial charge < -0.3 is 5.32 Å². The molecule has 0 spiro atoms. The molecular weight excluding hydrogens is 468 g/mol. The van der Waals surface area contributed by atoms with Gasteiger partial charge in [-0.1, -0.05) is 48.5 Å². The molecule has 3 aromatic carbocycles. The minimum absolute atomic E-state index is 0.126. The maximum atomic E-state index is 13.7. The lowest BCUT2D eigenvalue weighted by Gasteiger charge is -2.09. The summed E-state index contributed by atoms with van der Waals surface area (Å²) in [4.78, 5) is 37.1. The first-order valence-corrected chi connectivity index (χ1v) is 11.0. The number of carbonyl (C=O) groups excluding carboxylic acids is 3. The molecule has 0 fully saturated rings. The Morgan fingerprint density at radius 2 is 1.50 bits per heavy atom. The highest BCUT2D eigenvalue weighted by atomic mass is 19.1. The lowest BCUT2D eigenvalue weighted by Crippen LogP contribution is -2.42. The monoisotopic (exact) mass is 489 g/mol. The number of carbonyl (C=O) groups is 3. The second kappa shape index (κ2) is 11.0. The Bertz CT molecular complexity index is 1390. The van der Waals surface area contributed by atoms with Gasteiger partial charge in [-0.3, -0.25) is 25.2 Å². The maximum Gasteiger partial charge on any atom is 0.273 e. The van der Waals surface area contributed by atoms with E-state index in [4.69, 9.17) is 0 Å². The van der Waals surface area contributed by atoms with Crippen LogP contribution in [0.2, 0.25) is 0 Å². The lowest BCUT2D eigenvalue weighted by atomic mass is 10.1. The number of hydrogen-bond acceptors (Lipinski definition) is 4. The maximum absolute atomic E-state index is 13.7. The standard InChI is InChI=1S/C26H21F2N5O3/c27-18-11-12-20(22(28)15-18)25(35)29-14-13-23(34)30-31-26(36)21-16-33(19-9-5-2-6-10-19)32-24(21)17-7-3-1-4-8-17/h1-12,15-16H,13-14H2,(H,29,35)(H,30,34)(H,31,36). The summed E-state index contributed by atoms with van der Waals surface area (Å²) in [6.45, 7) is -0.126. The Labute approximate surface area is 204 Å². The highest BCUT2D eigenvalue weighted by molar-refractivity contribution is 6.00. The zero-order valence-corrected chi connectivity index (χ0v) is 18.9. The van der Waals surface area contributed by atoms with Crippen LogP contribution in [0, 0.1) is 11.6 Å². The summed E-state index contributed by atoms with van der Waals surface area (Å²) in [7, 11) is 0. The van der Waals surface area contributed by atoms with E-state index in [0.717, 1.165) is 23.4 Å². The van der Waals surface area contributed by atoms with Crippen LogP contribution < -0.4 is 16.2 Å². The molecule has 10 heteroatoms. The lowest BCUT2D eigenvalue weighted by molar-refractivity contribution is -0.121. The van der Waals surface area contributed by atoms with E-state index in [-0.39, 0.29) is 24.1 Å². The molecule has 0 saturated heterocycles. The fourth-order valence-corrected chi connectivity index (χ4v) is 3.38. The van der Waals surface area contributed by atoms with Crippen molar-refractivity contribution in [2.75, 3.05) is 6.54 Å². The van der Waals surface area contributed by atoms with Gasteiger partial charge in [-0.15, -0.1) is 0 Å².